The molecule has 0 radical (unpaired) electrons. The maximum atomic E-state index is 12.8. The van der Waals surface area contributed by atoms with Gasteiger partial charge in [-0.3, -0.25) is 9.80 Å². The highest BCUT2D eigenvalue weighted by Crippen LogP contribution is 2.35. The summed E-state index contributed by atoms with van der Waals surface area (Å²) < 4.78 is 2.12. The number of anilines is 1. The molecule has 1 aromatic carbocycles. The van der Waals surface area contributed by atoms with Crippen molar-refractivity contribution in [3.63, 3.8) is 0 Å². The van der Waals surface area contributed by atoms with Gasteiger partial charge in [0.1, 0.15) is 11.5 Å². The lowest BCUT2D eigenvalue weighted by Gasteiger charge is -2.34. The van der Waals surface area contributed by atoms with E-state index in [9.17, 15) is 9.90 Å². The van der Waals surface area contributed by atoms with E-state index in [2.05, 4.69) is 28.3 Å². The summed E-state index contributed by atoms with van der Waals surface area (Å²) in [6.07, 6.45) is 2.12. The number of benzene rings is 1. The molecule has 27 heavy (non-hydrogen) atoms. The Hall–Kier alpha value is -2.60. The van der Waals surface area contributed by atoms with Crippen LogP contribution in [0.4, 0.5) is 10.6 Å². The van der Waals surface area contributed by atoms with Gasteiger partial charge in [-0.2, -0.15) is 0 Å². The Morgan fingerprint density at radius 1 is 1.22 bits per heavy atom. The molecule has 1 aromatic heterocycles. The second kappa shape index (κ2) is 7.96. The number of carbonyl (C=O) groups excluding carboxylic acids is 1. The van der Waals surface area contributed by atoms with Gasteiger partial charge in [-0.25, -0.2) is 9.78 Å². The number of hydrogen-bond acceptors (Lipinski definition) is 3. The number of unbranched alkanes of at least 4 members (excludes halogenated alkanes) is 1. The summed E-state index contributed by atoms with van der Waals surface area (Å²) >= 11 is 0. The lowest BCUT2D eigenvalue weighted by Crippen LogP contribution is -2.45. The first-order valence-corrected chi connectivity index (χ1v) is 9.43. The highest BCUT2D eigenvalue weighted by atomic mass is 16.3. The van der Waals surface area contributed by atoms with Crippen LogP contribution in [-0.4, -0.2) is 45.3 Å². The molecule has 1 aliphatic heterocycles. The molecular weight excluding hydrogens is 340 g/mol. The fraction of sp³-hybridized carbons (Fsp3) is 0.429. The van der Waals surface area contributed by atoms with E-state index in [1.165, 1.54) is 5.56 Å². The highest BCUT2D eigenvalue weighted by molar-refractivity contribution is 6.02. The number of fused-ring (bicyclic) bond motifs is 1. The molecule has 0 fully saturated rings. The molecule has 0 bridgehead atoms. The van der Waals surface area contributed by atoms with E-state index >= 15 is 0 Å². The van der Waals surface area contributed by atoms with Crippen molar-refractivity contribution < 1.29 is 9.90 Å². The molecule has 2 amide bonds. The SMILES string of the molecule is C=C1c2c(nc(C)n2Cc2ccccc2)N(C)C(=O)N1CCCC[C@@H](C)O. The molecule has 1 atom stereocenters. The number of nitrogens with zero attached hydrogens (tertiary/aromatic N) is 4. The number of urea groups is 1. The first-order valence-electron chi connectivity index (χ1n) is 9.43. The van der Waals surface area contributed by atoms with Gasteiger partial charge in [0.2, 0.25) is 0 Å². The molecule has 1 N–H and O–H groups in total. The summed E-state index contributed by atoms with van der Waals surface area (Å²) in [5.74, 6) is 1.53. The lowest BCUT2D eigenvalue weighted by molar-refractivity contribution is 0.179. The number of amides is 2. The second-order valence-electron chi connectivity index (χ2n) is 7.19. The van der Waals surface area contributed by atoms with Crippen molar-refractivity contribution in [1.82, 2.24) is 14.5 Å². The number of aromatic nitrogens is 2. The van der Waals surface area contributed by atoms with Gasteiger partial charge in [-0.1, -0.05) is 36.9 Å². The van der Waals surface area contributed by atoms with E-state index in [-0.39, 0.29) is 12.1 Å². The van der Waals surface area contributed by atoms with E-state index < -0.39 is 0 Å². The summed E-state index contributed by atoms with van der Waals surface area (Å²) in [6.45, 7) is 9.24. The van der Waals surface area contributed by atoms with Gasteiger partial charge in [-0.05, 0) is 38.7 Å². The Bertz CT molecular complexity index is 826. The van der Waals surface area contributed by atoms with Crippen molar-refractivity contribution in [3.8, 4) is 0 Å². The topological polar surface area (TPSA) is 61.6 Å². The van der Waals surface area contributed by atoms with Gasteiger partial charge in [0.25, 0.3) is 0 Å². The number of hydrogen-bond donors (Lipinski definition) is 1. The third kappa shape index (κ3) is 3.90. The minimum atomic E-state index is -0.311. The van der Waals surface area contributed by atoms with Gasteiger partial charge in [-0.15, -0.1) is 0 Å². The van der Waals surface area contributed by atoms with Crippen LogP contribution in [0.1, 0.15) is 43.3 Å². The second-order valence-corrected chi connectivity index (χ2v) is 7.19. The van der Waals surface area contributed by atoms with Crippen LogP contribution in [0.3, 0.4) is 0 Å². The zero-order valence-electron chi connectivity index (χ0n) is 16.4. The van der Waals surface area contributed by atoms with Crippen LogP contribution in [0, 0.1) is 6.92 Å². The van der Waals surface area contributed by atoms with Crippen molar-refractivity contribution in [1.29, 1.82) is 0 Å². The van der Waals surface area contributed by atoms with Gasteiger partial charge in [0.15, 0.2) is 5.82 Å². The molecular formula is C21H28N4O2. The number of aliphatic hydroxyl groups excluding tert-OH is 1. The maximum Gasteiger partial charge on any atom is 0.329 e. The summed E-state index contributed by atoms with van der Waals surface area (Å²) in [5.41, 5.74) is 2.77. The molecule has 2 heterocycles. The van der Waals surface area contributed by atoms with E-state index in [4.69, 9.17) is 0 Å². The first kappa shape index (κ1) is 19.2. The molecule has 6 heteroatoms. The standard InChI is InChI=1S/C21H28N4O2/c1-15(26)10-8-9-13-24-16(2)19-20(23(4)21(24)27)22-17(3)25(19)14-18-11-6-5-7-12-18/h5-7,11-12,15,26H,2,8-10,13-14H2,1,3-4H3/t15-/m1/s1. The van der Waals surface area contributed by atoms with Crippen LogP contribution in [0.15, 0.2) is 36.9 Å². The van der Waals surface area contributed by atoms with Crippen molar-refractivity contribution in [3.05, 3.63) is 54.0 Å². The zero-order chi connectivity index (χ0) is 19.6. The molecule has 0 aliphatic carbocycles. The molecule has 3 rings (SSSR count). The number of imidazole rings is 1. The Balaban J connectivity index is 1.86. The molecule has 0 spiro atoms. The van der Waals surface area contributed by atoms with Gasteiger partial charge in [0.05, 0.1) is 11.8 Å². The molecule has 6 nitrogen and oxygen atoms in total. The molecule has 0 saturated heterocycles. The third-order valence-corrected chi connectivity index (χ3v) is 5.01. The quantitative estimate of drug-likeness (QED) is 0.759. The predicted octanol–water partition coefficient (Wildman–Crippen LogP) is 3.63. The van der Waals surface area contributed by atoms with Crippen LogP contribution in [0.5, 0.6) is 0 Å². The Morgan fingerprint density at radius 2 is 1.93 bits per heavy atom. The largest absolute Gasteiger partial charge is 0.393 e. The molecule has 0 saturated carbocycles. The van der Waals surface area contributed by atoms with Crippen LogP contribution < -0.4 is 4.90 Å². The van der Waals surface area contributed by atoms with Crippen molar-refractivity contribution in [2.24, 2.45) is 0 Å². The molecule has 2 aromatic rings. The van der Waals surface area contributed by atoms with Crippen molar-refractivity contribution >= 4 is 17.5 Å². The van der Waals surface area contributed by atoms with E-state index in [0.29, 0.717) is 24.6 Å². The van der Waals surface area contributed by atoms with Crippen LogP contribution in [0.2, 0.25) is 0 Å². The first-order chi connectivity index (χ1) is 12.9. The summed E-state index contributed by atoms with van der Waals surface area (Å²) in [7, 11) is 1.76. The highest BCUT2D eigenvalue weighted by Gasteiger charge is 2.35. The Morgan fingerprint density at radius 3 is 2.59 bits per heavy atom. The van der Waals surface area contributed by atoms with Crippen LogP contribution >= 0.6 is 0 Å². The lowest BCUT2D eigenvalue weighted by atomic mass is 10.1. The average molecular weight is 368 g/mol. The normalized spacial score (nSPS) is 15.3. The third-order valence-electron chi connectivity index (χ3n) is 5.01. The number of carbonyl (C=O) groups is 1. The maximum absolute atomic E-state index is 12.8. The van der Waals surface area contributed by atoms with Crippen molar-refractivity contribution in [2.45, 2.75) is 45.8 Å². The van der Waals surface area contributed by atoms with Gasteiger partial charge >= 0.3 is 6.03 Å². The smallest absolute Gasteiger partial charge is 0.329 e. The van der Waals surface area contributed by atoms with Gasteiger partial charge < -0.3 is 9.67 Å². The van der Waals surface area contributed by atoms with Crippen LogP contribution in [0.25, 0.3) is 5.70 Å². The summed E-state index contributed by atoms with van der Waals surface area (Å²) in [5, 5.41) is 9.43. The molecule has 0 unspecified atom stereocenters. The summed E-state index contributed by atoms with van der Waals surface area (Å²) in [6, 6.07) is 10.1. The molecule has 144 valence electrons. The Labute approximate surface area is 160 Å². The van der Waals surface area contributed by atoms with Crippen LogP contribution in [-0.2, 0) is 6.54 Å². The van der Waals surface area contributed by atoms with E-state index in [0.717, 1.165) is 30.8 Å². The minimum absolute atomic E-state index is 0.103. The Kier molecular flexibility index (Phi) is 5.65. The molecule has 1 aliphatic rings. The fourth-order valence-corrected chi connectivity index (χ4v) is 3.48. The average Bonchev–Trinajstić information content (AvgIpc) is 2.96. The number of aryl methyl sites for hydroxylation is 1. The van der Waals surface area contributed by atoms with Gasteiger partial charge in [0, 0.05) is 20.1 Å². The van der Waals surface area contributed by atoms with E-state index in [1.54, 1.807) is 23.8 Å². The van der Waals surface area contributed by atoms with Crippen molar-refractivity contribution in [2.75, 3.05) is 18.5 Å². The zero-order valence-corrected chi connectivity index (χ0v) is 16.4. The summed E-state index contributed by atoms with van der Waals surface area (Å²) in [4.78, 5) is 20.8. The van der Waals surface area contributed by atoms with E-state index in [1.807, 2.05) is 25.1 Å². The minimum Gasteiger partial charge on any atom is -0.393 e. The number of aliphatic hydroxyl groups is 1. The fourth-order valence-electron chi connectivity index (χ4n) is 3.48. The predicted molar refractivity (Wildman–Crippen MR) is 108 cm³/mol. The number of rotatable bonds is 7. The monoisotopic (exact) mass is 368 g/mol.